The van der Waals surface area contributed by atoms with Gasteiger partial charge in [-0.25, -0.2) is 0 Å². The second-order valence-electron chi connectivity index (χ2n) is 8.68. The molecule has 0 amide bonds. The molecule has 1 heterocycles. The molecular weight excluding hydrogens is 392 g/mol. The van der Waals surface area contributed by atoms with Crippen LogP contribution in [0.25, 0.3) is 0 Å². The van der Waals surface area contributed by atoms with Crippen molar-refractivity contribution in [3.8, 4) is 0 Å². The van der Waals surface area contributed by atoms with Crippen LogP contribution in [0.5, 0.6) is 0 Å². The summed E-state index contributed by atoms with van der Waals surface area (Å²) in [6.07, 6.45) is 4.35. The van der Waals surface area contributed by atoms with E-state index in [1.165, 1.54) is 16.7 Å². The zero-order valence-electron chi connectivity index (χ0n) is 19.1. The molecule has 0 radical (unpaired) electrons. The van der Waals surface area contributed by atoms with Gasteiger partial charge < -0.3 is 4.79 Å². The Morgan fingerprint density at radius 1 is 0.750 bits per heavy atom. The Bertz CT molecular complexity index is 854. The maximum absolute atomic E-state index is 11.8. The number of aldehydes is 1. The molecule has 1 fully saturated rings. The van der Waals surface area contributed by atoms with E-state index in [4.69, 9.17) is 0 Å². The van der Waals surface area contributed by atoms with Crippen LogP contribution in [0.2, 0.25) is 0 Å². The van der Waals surface area contributed by atoms with Gasteiger partial charge in [0.15, 0.2) is 0 Å². The van der Waals surface area contributed by atoms with E-state index >= 15 is 0 Å². The van der Waals surface area contributed by atoms with Crippen LogP contribution in [0.4, 0.5) is 0 Å². The van der Waals surface area contributed by atoms with Gasteiger partial charge in [-0.15, -0.1) is 0 Å². The van der Waals surface area contributed by atoms with Gasteiger partial charge in [0.05, 0.1) is 11.6 Å². The third kappa shape index (κ3) is 4.41. The second-order valence-corrected chi connectivity index (χ2v) is 8.68. The average molecular weight is 427 g/mol. The minimum absolute atomic E-state index is 0.0386. The summed E-state index contributed by atoms with van der Waals surface area (Å²) in [7, 11) is 0. The molecule has 32 heavy (non-hydrogen) atoms. The number of hydrogen-bond donors (Lipinski definition) is 0. The summed E-state index contributed by atoms with van der Waals surface area (Å²) >= 11 is 0. The maximum Gasteiger partial charge on any atom is 0.137 e. The minimum Gasteiger partial charge on any atom is -0.302 e. The Morgan fingerprint density at radius 2 is 1.19 bits per heavy atom. The number of nitrogens with zero attached hydrogens (tertiary/aromatic N) is 2. The number of rotatable bonds is 9. The maximum atomic E-state index is 11.8. The van der Waals surface area contributed by atoms with Crippen molar-refractivity contribution in [3.63, 3.8) is 0 Å². The molecular formula is C29H34N2O. The zero-order valence-corrected chi connectivity index (χ0v) is 19.1. The highest BCUT2D eigenvalue weighted by molar-refractivity contribution is 5.57. The molecule has 1 aliphatic rings. The molecule has 1 aliphatic heterocycles. The van der Waals surface area contributed by atoms with Gasteiger partial charge in [0.2, 0.25) is 0 Å². The first-order chi connectivity index (χ1) is 15.8. The van der Waals surface area contributed by atoms with Crippen molar-refractivity contribution < 1.29 is 4.79 Å². The topological polar surface area (TPSA) is 23.6 Å². The highest BCUT2D eigenvalue weighted by Gasteiger charge is 2.43. The van der Waals surface area contributed by atoms with Crippen LogP contribution in [0.3, 0.4) is 0 Å². The van der Waals surface area contributed by atoms with Crippen LogP contribution < -0.4 is 0 Å². The molecule has 0 N–H and O–H groups in total. The van der Waals surface area contributed by atoms with Crippen LogP contribution >= 0.6 is 0 Å². The van der Waals surface area contributed by atoms with Crippen LogP contribution in [0, 0.1) is 0 Å². The van der Waals surface area contributed by atoms with E-state index in [0.717, 1.165) is 51.7 Å². The summed E-state index contributed by atoms with van der Waals surface area (Å²) in [5.41, 5.74) is 3.48. The molecule has 166 valence electrons. The third-order valence-corrected chi connectivity index (χ3v) is 6.84. The molecule has 1 atom stereocenters. The van der Waals surface area contributed by atoms with Crippen LogP contribution in [-0.2, 0) is 10.3 Å². The van der Waals surface area contributed by atoms with Gasteiger partial charge in [0, 0.05) is 26.2 Å². The number of carbonyl (C=O) groups excluding carboxylic acids is 1. The van der Waals surface area contributed by atoms with Gasteiger partial charge in [-0.2, -0.15) is 0 Å². The Morgan fingerprint density at radius 3 is 1.56 bits per heavy atom. The lowest BCUT2D eigenvalue weighted by molar-refractivity contribution is -0.113. The first kappa shape index (κ1) is 22.4. The molecule has 3 aromatic rings. The highest BCUT2D eigenvalue weighted by Crippen LogP contribution is 2.42. The number of hydrogen-bond acceptors (Lipinski definition) is 3. The molecule has 3 aromatic carbocycles. The molecule has 0 saturated carbocycles. The van der Waals surface area contributed by atoms with E-state index < -0.39 is 0 Å². The normalized spacial score (nSPS) is 16.5. The molecule has 4 rings (SSSR count). The number of carbonyl (C=O) groups is 1. The van der Waals surface area contributed by atoms with Crippen molar-refractivity contribution in [2.24, 2.45) is 0 Å². The van der Waals surface area contributed by atoms with Gasteiger partial charge in [0.1, 0.15) is 6.29 Å². The summed E-state index contributed by atoms with van der Waals surface area (Å²) < 4.78 is 0. The van der Waals surface area contributed by atoms with Crippen LogP contribution in [0.1, 0.15) is 42.9 Å². The van der Waals surface area contributed by atoms with Crippen molar-refractivity contribution in [1.82, 2.24) is 9.80 Å². The van der Waals surface area contributed by atoms with Crippen molar-refractivity contribution in [3.05, 3.63) is 108 Å². The SMILES string of the molecule is CCCCC(C=O)N1CCN(C(c2ccccc2)(c2ccccc2)c2ccccc2)CC1. The smallest absolute Gasteiger partial charge is 0.137 e. The van der Waals surface area contributed by atoms with E-state index in [2.05, 4.69) is 108 Å². The van der Waals surface area contributed by atoms with E-state index in [1.807, 2.05) is 0 Å². The van der Waals surface area contributed by atoms with E-state index in [9.17, 15) is 4.79 Å². The molecule has 0 aromatic heterocycles. The minimum atomic E-state index is -0.365. The summed E-state index contributed by atoms with van der Waals surface area (Å²) in [5.74, 6) is 0. The Hall–Kier alpha value is -2.75. The average Bonchev–Trinajstić information content (AvgIpc) is 2.88. The van der Waals surface area contributed by atoms with Crippen LogP contribution in [-0.4, -0.2) is 48.3 Å². The fourth-order valence-corrected chi connectivity index (χ4v) is 5.22. The fraction of sp³-hybridized carbons (Fsp3) is 0.345. The van der Waals surface area contributed by atoms with E-state index in [-0.39, 0.29) is 11.6 Å². The Balaban J connectivity index is 1.75. The van der Waals surface area contributed by atoms with Gasteiger partial charge in [-0.1, -0.05) is 111 Å². The lowest BCUT2D eigenvalue weighted by Gasteiger charge is -2.49. The van der Waals surface area contributed by atoms with Gasteiger partial charge in [-0.05, 0) is 23.1 Å². The summed E-state index contributed by atoms with van der Waals surface area (Å²) in [6.45, 7) is 5.82. The van der Waals surface area contributed by atoms with Gasteiger partial charge in [-0.3, -0.25) is 9.80 Å². The molecule has 3 heteroatoms. The van der Waals surface area contributed by atoms with Gasteiger partial charge >= 0.3 is 0 Å². The van der Waals surface area contributed by atoms with Crippen molar-refractivity contribution in [2.75, 3.05) is 26.2 Å². The molecule has 0 spiro atoms. The zero-order chi connectivity index (χ0) is 22.2. The van der Waals surface area contributed by atoms with Crippen molar-refractivity contribution in [2.45, 2.75) is 37.8 Å². The number of piperazine rings is 1. The third-order valence-electron chi connectivity index (χ3n) is 6.84. The Kier molecular flexibility index (Phi) is 7.51. The number of benzene rings is 3. The highest BCUT2D eigenvalue weighted by atomic mass is 16.1. The summed E-state index contributed by atoms with van der Waals surface area (Å²) in [5, 5.41) is 0. The molecule has 1 saturated heterocycles. The van der Waals surface area contributed by atoms with Crippen molar-refractivity contribution in [1.29, 1.82) is 0 Å². The van der Waals surface area contributed by atoms with Gasteiger partial charge in [0.25, 0.3) is 0 Å². The monoisotopic (exact) mass is 426 g/mol. The Labute approximate surface area is 192 Å². The predicted molar refractivity (Wildman–Crippen MR) is 132 cm³/mol. The summed E-state index contributed by atoms with van der Waals surface area (Å²) in [6, 6.07) is 32.6. The van der Waals surface area contributed by atoms with Crippen molar-refractivity contribution >= 4 is 6.29 Å². The van der Waals surface area contributed by atoms with Crippen LogP contribution in [0.15, 0.2) is 91.0 Å². The predicted octanol–water partition coefficient (Wildman–Crippen LogP) is 5.35. The standard InChI is InChI=1S/C29H34N2O/c1-2-3-19-28(24-32)30-20-22-31(23-21-30)29(25-13-7-4-8-14-25,26-15-9-5-10-16-26)27-17-11-6-12-18-27/h4-18,24,28H,2-3,19-23H2,1H3. The molecule has 0 aliphatic carbocycles. The number of unbranched alkanes of at least 4 members (excludes halogenated alkanes) is 1. The molecule has 0 bridgehead atoms. The molecule has 3 nitrogen and oxygen atoms in total. The van der Waals surface area contributed by atoms with E-state index in [1.54, 1.807) is 0 Å². The summed E-state index contributed by atoms with van der Waals surface area (Å²) in [4.78, 5) is 16.8. The second kappa shape index (κ2) is 10.7. The first-order valence-electron chi connectivity index (χ1n) is 11.9. The van der Waals surface area contributed by atoms with E-state index in [0.29, 0.717) is 0 Å². The lowest BCUT2D eigenvalue weighted by atomic mass is 9.75. The fourth-order valence-electron chi connectivity index (χ4n) is 5.22. The lowest BCUT2D eigenvalue weighted by Crippen LogP contribution is -2.58. The first-order valence-corrected chi connectivity index (χ1v) is 11.9. The molecule has 1 unspecified atom stereocenters. The quantitative estimate of drug-likeness (QED) is 0.340. The largest absolute Gasteiger partial charge is 0.302 e.